The lowest BCUT2D eigenvalue weighted by atomic mass is 10.2. The Morgan fingerprint density at radius 1 is 0.970 bits per heavy atom. The lowest BCUT2D eigenvalue weighted by molar-refractivity contribution is 0.122. The van der Waals surface area contributed by atoms with Crippen molar-refractivity contribution in [1.82, 2.24) is 15.3 Å². The first-order chi connectivity index (χ1) is 16.2. The topological polar surface area (TPSA) is 88.8 Å². The van der Waals surface area contributed by atoms with Gasteiger partial charge < -0.3 is 30.3 Å². The Morgan fingerprint density at radius 3 is 2.27 bits per heavy atom. The molecule has 1 spiro atoms. The number of aromatic nitrogens is 2. The summed E-state index contributed by atoms with van der Waals surface area (Å²) in [4.78, 5) is 14.1. The lowest BCUT2D eigenvalue weighted by Gasteiger charge is -2.33. The number of morpholine rings is 1. The van der Waals surface area contributed by atoms with Gasteiger partial charge in [-0.25, -0.2) is 9.97 Å². The summed E-state index contributed by atoms with van der Waals surface area (Å²) in [5.74, 6) is 3.27. The maximum absolute atomic E-state index is 6.60. The summed E-state index contributed by atoms with van der Waals surface area (Å²) in [5.41, 5.74) is 8.90. The van der Waals surface area contributed by atoms with E-state index >= 15 is 0 Å². The predicted octanol–water partition coefficient (Wildman–Crippen LogP) is 2.41. The molecule has 1 unspecified atom stereocenters. The van der Waals surface area contributed by atoms with Crippen LogP contribution in [0.15, 0.2) is 24.3 Å². The summed E-state index contributed by atoms with van der Waals surface area (Å²) < 4.78 is 11.6. The van der Waals surface area contributed by atoms with E-state index in [9.17, 15) is 0 Å². The molecule has 6 rings (SSSR count). The molecule has 0 radical (unpaired) electrons. The van der Waals surface area contributed by atoms with Crippen LogP contribution in [0.1, 0.15) is 30.7 Å². The van der Waals surface area contributed by atoms with Crippen LogP contribution in [-0.2, 0) is 4.74 Å². The smallest absolute Gasteiger partial charge is 0.158 e. The van der Waals surface area contributed by atoms with Crippen LogP contribution in [-0.4, -0.2) is 68.6 Å². The molecule has 8 heteroatoms. The van der Waals surface area contributed by atoms with Gasteiger partial charge in [-0.05, 0) is 43.0 Å². The first-order valence-electron chi connectivity index (χ1n) is 12.1. The van der Waals surface area contributed by atoms with E-state index in [4.69, 9.17) is 25.2 Å². The average Bonchev–Trinajstić information content (AvgIpc) is 3.79. The molecule has 1 aromatic heterocycles. The fourth-order valence-electron chi connectivity index (χ4n) is 4.83. The normalized spacial score (nSPS) is 23.8. The van der Waals surface area contributed by atoms with Crippen molar-refractivity contribution in [1.29, 1.82) is 0 Å². The highest BCUT2D eigenvalue weighted by molar-refractivity contribution is 5.79. The van der Waals surface area contributed by atoms with Gasteiger partial charge in [-0.3, -0.25) is 0 Å². The molecule has 174 valence electrons. The molecule has 3 heterocycles. The molecular weight excluding hydrogens is 416 g/mol. The third-order valence-corrected chi connectivity index (χ3v) is 7.24. The van der Waals surface area contributed by atoms with Crippen LogP contribution in [0.4, 0.5) is 17.3 Å². The van der Waals surface area contributed by atoms with E-state index in [1.54, 1.807) is 0 Å². The van der Waals surface area contributed by atoms with E-state index in [1.807, 2.05) is 6.08 Å². The minimum absolute atomic E-state index is 0.434. The number of benzene rings is 1. The van der Waals surface area contributed by atoms with Gasteiger partial charge >= 0.3 is 0 Å². The minimum atomic E-state index is 0.434. The van der Waals surface area contributed by atoms with Gasteiger partial charge in [0.25, 0.3) is 0 Å². The Kier molecular flexibility index (Phi) is 5.34. The summed E-state index contributed by atoms with van der Waals surface area (Å²) in [6.07, 6.45) is 8.36. The first-order valence-corrected chi connectivity index (χ1v) is 12.1. The van der Waals surface area contributed by atoms with Crippen molar-refractivity contribution < 1.29 is 9.47 Å². The van der Waals surface area contributed by atoms with E-state index in [2.05, 4.69) is 45.5 Å². The van der Waals surface area contributed by atoms with Crippen LogP contribution in [0.2, 0.25) is 0 Å². The fraction of sp³-hybridized carbons (Fsp3) is 0.520. The Morgan fingerprint density at radius 2 is 1.64 bits per heavy atom. The van der Waals surface area contributed by atoms with Gasteiger partial charge in [-0.1, -0.05) is 18.2 Å². The van der Waals surface area contributed by atoms with Gasteiger partial charge in [0.05, 0.1) is 13.2 Å². The highest BCUT2D eigenvalue weighted by Gasteiger charge is 2.65. The molecule has 2 aliphatic heterocycles. The average molecular weight is 449 g/mol. The molecular formula is C25H32N6O2. The number of rotatable bonds is 6. The maximum Gasteiger partial charge on any atom is 0.158 e. The SMILES string of the molecule is Nc1c(N2CCNCC2)nc(/C=C/c2ccc(OC3CC34CC4)cc2)nc1N1CCOCC1. The van der Waals surface area contributed by atoms with E-state index < -0.39 is 0 Å². The third-order valence-electron chi connectivity index (χ3n) is 7.24. The van der Waals surface area contributed by atoms with Crippen LogP contribution >= 0.6 is 0 Å². The van der Waals surface area contributed by atoms with E-state index in [1.165, 1.54) is 19.3 Å². The van der Waals surface area contributed by atoms with Crippen molar-refractivity contribution in [3.8, 4) is 5.75 Å². The number of nitrogens with two attached hydrogens (primary N) is 1. The first kappa shape index (κ1) is 20.7. The second-order valence-electron chi connectivity index (χ2n) is 9.55. The van der Waals surface area contributed by atoms with Crippen molar-refractivity contribution in [2.24, 2.45) is 5.41 Å². The molecule has 2 saturated carbocycles. The summed E-state index contributed by atoms with van der Waals surface area (Å²) in [5, 5.41) is 3.39. The van der Waals surface area contributed by atoms with Crippen LogP contribution in [0.3, 0.4) is 0 Å². The summed E-state index contributed by atoms with van der Waals surface area (Å²) in [7, 11) is 0. The molecule has 2 aliphatic carbocycles. The molecule has 1 atom stereocenters. The summed E-state index contributed by atoms with van der Waals surface area (Å²) in [6, 6.07) is 8.29. The highest BCUT2D eigenvalue weighted by Crippen LogP contribution is 2.67. The van der Waals surface area contributed by atoms with Crippen molar-refractivity contribution in [2.45, 2.75) is 25.4 Å². The van der Waals surface area contributed by atoms with Gasteiger partial charge in [-0.2, -0.15) is 0 Å². The van der Waals surface area contributed by atoms with Gasteiger partial charge in [0, 0.05) is 44.7 Å². The number of anilines is 3. The molecule has 0 amide bonds. The molecule has 2 aromatic rings. The Bertz CT molecular complexity index is 985. The molecule has 4 aliphatic rings. The predicted molar refractivity (Wildman–Crippen MR) is 131 cm³/mol. The number of hydrogen-bond acceptors (Lipinski definition) is 8. The van der Waals surface area contributed by atoms with Crippen molar-refractivity contribution in [2.75, 3.05) is 68.0 Å². The third kappa shape index (κ3) is 4.37. The molecule has 4 fully saturated rings. The second kappa shape index (κ2) is 8.50. The summed E-state index contributed by atoms with van der Waals surface area (Å²) >= 11 is 0. The minimum Gasteiger partial charge on any atom is -0.490 e. The molecule has 2 saturated heterocycles. The monoisotopic (exact) mass is 448 g/mol. The van der Waals surface area contributed by atoms with E-state index in [-0.39, 0.29) is 0 Å². The van der Waals surface area contributed by atoms with E-state index in [0.29, 0.717) is 36.2 Å². The zero-order valence-corrected chi connectivity index (χ0v) is 19.0. The zero-order chi connectivity index (χ0) is 22.3. The number of nitrogens with zero attached hydrogens (tertiary/aromatic N) is 4. The van der Waals surface area contributed by atoms with Crippen LogP contribution < -0.4 is 25.6 Å². The summed E-state index contributed by atoms with van der Waals surface area (Å²) in [6.45, 7) is 6.58. The Balaban J connectivity index is 1.23. The zero-order valence-electron chi connectivity index (χ0n) is 19.0. The molecule has 3 N–H and O–H groups in total. The molecule has 8 nitrogen and oxygen atoms in total. The van der Waals surface area contributed by atoms with Gasteiger partial charge in [0.1, 0.15) is 17.5 Å². The van der Waals surface area contributed by atoms with Crippen LogP contribution in [0.25, 0.3) is 12.2 Å². The maximum atomic E-state index is 6.60. The van der Waals surface area contributed by atoms with E-state index in [0.717, 1.165) is 62.2 Å². The molecule has 0 bridgehead atoms. The van der Waals surface area contributed by atoms with Crippen molar-refractivity contribution in [3.63, 3.8) is 0 Å². The van der Waals surface area contributed by atoms with Gasteiger partial charge in [-0.15, -0.1) is 0 Å². The van der Waals surface area contributed by atoms with Crippen LogP contribution in [0, 0.1) is 5.41 Å². The van der Waals surface area contributed by atoms with Crippen LogP contribution in [0.5, 0.6) is 5.75 Å². The van der Waals surface area contributed by atoms with Crippen molar-refractivity contribution >= 4 is 29.5 Å². The Labute approximate surface area is 194 Å². The quantitative estimate of drug-likeness (QED) is 0.697. The molecule has 1 aromatic carbocycles. The fourth-order valence-corrected chi connectivity index (χ4v) is 4.83. The van der Waals surface area contributed by atoms with Gasteiger partial charge in [0.2, 0.25) is 0 Å². The largest absolute Gasteiger partial charge is 0.490 e. The number of ether oxygens (including phenoxy) is 2. The second-order valence-corrected chi connectivity index (χ2v) is 9.55. The lowest BCUT2D eigenvalue weighted by Crippen LogP contribution is -2.44. The van der Waals surface area contributed by atoms with Crippen molar-refractivity contribution in [3.05, 3.63) is 35.7 Å². The number of nitrogens with one attached hydrogen (secondary N) is 1. The standard InChI is InChI=1S/C25H32N6O2/c26-22-23(30-11-9-27-10-12-30)28-21(29-24(22)31-13-15-32-16-14-31)6-3-18-1-4-19(5-2-18)33-20-17-25(20)7-8-25/h1-6,20,27H,7-17,26H2/b6-3+. The number of piperazine rings is 1. The number of nitrogen functional groups attached to an aromatic ring is 1. The number of hydrogen-bond donors (Lipinski definition) is 2. The van der Waals surface area contributed by atoms with Gasteiger partial charge in [0.15, 0.2) is 17.5 Å². The Hall–Kier alpha value is -2.84. The highest BCUT2D eigenvalue weighted by atomic mass is 16.5. The molecule has 33 heavy (non-hydrogen) atoms.